The van der Waals surface area contributed by atoms with Gasteiger partial charge in [-0.25, -0.2) is 9.59 Å². The monoisotopic (exact) mass is 433 g/mol. The molecule has 8 heteroatoms. The number of rotatable bonds is 5. The van der Waals surface area contributed by atoms with E-state index < -0.39 is 11.9 Å². The summed E-state index contributed by atoms with van der Waals surface area (Å²) >= 11 is 0. The van der Waals surface area contributed by atoms with Crippen molar-refractivity contribution in [2.24, 2.45) is 5.92 Å². The average Bonchev–Trinajstić information content (AvgIpc) is 2.75. The van der Waals surface area contributed by atoms with Gasteiger partial charge in [-0.05, 0) is 37.4 Å². The summed E-state index contributed by atoms with van der Waals surface area (Å²) in [5.74, 6) is -2.85. The van der Waals surface area contributed by atoms with Crippen molar-refractivity contribution in [3.8, 4) is 0 Å². The Balaban J connectivity index is 0.000000501. The normalized spacial score (nSPS) is 18.4. The number of aliphatic carboxylic acids is 2. The molecule has 0 saturated carbocycles. The van der Waals surface area contributed by atoms with Crippen LogP contribution >= 0.6 is 0 Å². The summed E-state index contributed by atoms with van der Waals surface area (Å²) in [6.07, 6.45) is 3.21. The van der Waals surface area contributed by atoms with Crippen molar-refractivity contribution in [1.29, 1.82) is 0 Å². The molecular weight excluding hydrogens is 398 g/mol. The van der Waals surface area contributed by atoms with Crippen LogP contribution in [-0.4, -0.2) is 88.1 Å². The molecule has 8 nitrogen and oxygen atoms in total. The number of piperidine rings is 1. The van der Waals surface area contributed by atoms with Crippen molar-refractivity contribution in [2.75, 3.05) is 39.3 Å². The van der Waals surface area contributed by atoms with Crippen LogP contribution in [-0.2, 0) is 20.9 Å². The Morgan fingerprint density at radius 1 is 0.903 bits per heavy atom. The molecule has 1 aromatic rings. The average molecular weight is 434 g/mol. The minimum Gasteiger partial charge on any atom is -0.473 e. The van der Waals surface area contributed by atoms with Gasteiger partial charge in [-0.15, -0.1) is 0 Å². The van der Waals surface area contributed by atoms with E-state index in [2.05, 4.69) is 58.9 Å². The maximum absolute atomic E-state index is 12.2. The van der Waals surface area contributed by atoms with Crippen molar-refractivity contribution in [3.63, 3.8) is 0 Å². The first-order valence-electron chi connectivity index (χ1n) is 11.0. The summed E-state index contributed by atoms with van der Waals surface area (Å²) in [4.78, 5) is 37.7. The van der Waals surface area contributed by atoms with Crippen LogP contribution in [0.2, 0.25) is 0 Å². The maximum atomic E-state index is 12.2. The lowest BCUT2D eigenvalue weighted by Gasteiger charge is -2.43. The maximum Gasteiger partial charge on any atom is 0.414 e. The lowest BCUT2D eigenvalue weighted by molar-refractivity contribution is -0.159. The Morgan fingerprint density at radius 3 is 1.94 bits per heavy atom. The highest BCUT2D eigenvalue weighted by atomic mass is 16.4. The largest absolute Gasteiger partial charge is 0.473 e. The lowest BCUT2D eigenvalue weighted by atomic mass is 10.0. The highest BCUT2D eigenvalue weighted by molar-refractivity contribution is 6.27. The van der Waals surface area contributed by atoms with Crippen molar-refractivity contribution in [3.05, 3.63) is 35.9 Å². The molecule has 0 radical (unpaired) electrons. The van der Waals surface area contributed by atoms with E-state index in [4.69, 9.17) is 19.8 Å². The number of carboxylic acid groups (broad SMARTS) is 2. The van der Waals surface area contributed by atoms with Crippen molar-refractivity contribution < 1.29 is 24.6 Å². The number of carboxylic acids is 2. The van der Waals surface area contributed by atoms with Gasteiger partial charge in [0.05, 0.1) is 0 Å². The number of likely N-dealkylation sites (tertiary alicyclic amines) is 1. The van der Waals surface area contributed by atoms with Crippen LogP contribution < -0.4 is 0 Å². The number of piperazine rings is 1. The minimum absolute atomic E-state index is 0.340. The smallest absolute Gasteiger partial charge is 0.414 e. The Hall–Kier alpha value is -2.45. The highest BCUT2D eigenvalue weighted by Crippen LogP contribution is 2.20. The van der Waals surface area contributed by atoms with Gasteiger partial charge in [0.25, 0.3) is 0 Å². The van der Waals surface area contributed by atoms with E-state index in [0.717, 1.165) is 32.7 Å². The standard InChI is InChI=1S/C21H33N3O.C2H2O4/c1-18(2)16-21(25)24-14-12-23(13-15-24)20-8-10-22(11-9-20)17-19-6-4-3-5-7-19;3-1(4)2(5)6/h3-7,18,20H,8-17H2,1-2H3;(H,3,4)(H,5,6). The Bertz CT molecular complexity index is 697. The second-order valence-corrected chi connectivity index (χ2v) is 8.62. The number of hydrogen-bond donors (Lipinski definition) is 2. The predicted molar refractivity (Wildman–Crippen MR) is 118 cm³/mol. The van der Waals surface area contributed by atoms with E-state index >= 15 is 0 Å². The second kappa shape index (κ2) is 12.4. The first kappa shape index (κ1) is 24.8. The summed E-state index contributed by atoms with van der Waals surface area (Å²) in [6.45, 7) is 11.6. The zero-order valence-corrected chi connectivity index (χ0v) is 18.6. The lowest BCUT2D eigenvalue weighted by Crippen LogP contribution is -2.54. The molecule has 0 bridgehead atoms. The molecule has 1 amide bonds. The number of nitrogens with zero attached hydrogens (tertiary/aromatic N) is 3. The molecule has 0 aliphatic carbocycles. The van der Waals surface area contributed by atoms with Crippen LogP contribution in [0.15, 0.2) is 30.3 Å². The van der Waals surface area contributed by atoms with Gasteiger partial charge in [0.2, 0.25) is 5.91 Å². The molecule has 2 heterocycles. The van der Waals surface area contributed by atoms with Gasteiger partial charge < -0.3 is 15.1 Å². The van der Waals surface area contributed by atoms with Crippen LogP contribution in [0.3, 0.4) is 0 Å². The topological polar surface area (TPSA) is 101 Å². The third kappa shape index (κ3) is 8.67. The number of hydrogen-bond acceptors (Lipinski definition) is 5. The first-order valence-corrected chi connectivity index (χ1v) is 11.0. The van der Waals surface area contributed by atoms with Gasteiger partial charge in [0.15, 0.2) is 0 Å². The quantitative estimate of drug-likeness (QED) is 0.685. The fourth-order valence-electron chi connectivity index (χ4n) is 4.10. The number of benzene rings is 1. The van der Waals surface area contributed by atoms with E-state index in [1.165, 1.54) is 31.5 Å². The third-order valence-corrected chi connectivity index (χ3v) is 5.76. The summed E-state index contributed by atoms with van der Waals surface area (Å²) in [6, 6.07) is 11.5. The molecular formula is C23H35N3O5. The summed E-state index contributed by atoms with van der Waals surface area (Å²) in [5.41, 5.74) is 1.42. The molecule has 1 aromatic carbocycles. The summed E-state index contributed by atoms with van der Waals surface area (Å²) in [5, 5.41) is 14.8. The van der Waals surface area contributed by atoms with Gasteiger partial charge in [-0.1, -0.05) is 44.2 Å². The van der Waals surface area contributed by atoms with Crippen molar-refractivity contribution in [1.82, 2.24) is 14.7 Å². The van der Waals surface area contributed by atoms with Crippen molar-refractivity contribution >= 4 is 17.8 Å². The molecule has 2 saturated heterocycles. The molecule has 0 spiro atoms. The van der Waals surface area contributed by atoms with E-state index in [-0.39, 0.29) is 0 Å². The molecule has 2 aliphatic heterocycles. The van der Waals surface area contributed by atoms with Crippen LogP contribution in [0.4, 0.5) is 0 Å². The van der Waals surface area contributed by atoms with Crippen LogP contribution in [0.25, 0.3) is 0 Å². The molecule has 0 atom stereocenters. The van der Waals surface area contributed by atoms with Gasteiger partial charge in [-0.3, -0.25) is 14.6 Å². The predicted octanol–water partition coefficient (Wildman–Crippen LogP) is 2.00. The van der Waals surface area contributed by atoms with E-state index in [0.29, 0.717) is 24.3 Å². The van der Waals surface area contributed by atoms with Crippen LogP contribution in [0.1, 0.15) is 38.7 Å². The molecule has 3 rings (SSSR count). The fourth-order valence-corrected chi connectivity index (χ4v) is 4.10. The Morgan fingerprint density at radius 2 is 1.45 bits per heavy atom. The summed E-state index contributed by atoms with van der Waals surface area (Å²) < 4.78 is 0. The van der Waals surface area contributed by atoms with Gasteiger partial charge >= 0.3 is 11.9 Å². The number of carbonyl (C=O) groups excluding carboxylic acids is 1. The molecule has 2 aliphatic rings. The zero-order chi connectivity index (χ0) is 22.8. The van der Waals surface area contributed by atoms with Gasteiger partial charge in [0.1, 0.15) is 0 Å². The molecule has 0 aromatic heterocycles. The SMILES string of the molecule is CC(C)CC(=O)N1CCN(C2CCN(Cc3ccccc3)CC2)CC1.O=C(O)C(=O)O. The fraction of sp³-hybridized carbons (Fsp3) is 0.609. The zero-order valence-electron chi connectivity index (χ0n) is 18.6. The van der Waals surface area contributed by atoms with Gasteiger partial charge in [0, 0.05) is 45.2 Å². The van der Waals surface area contributed by atoms with Crippen molar-refractivity contribution in [2.45, 2.75) is 45.7 Å². The molecule has 172 valence electrons. The van der Waals surface area contributed by atoms with Crippen LogP contribution in [0.5, 0.6) is 0 Å². The molecule has 0 unspecified atom stereocenters. The Labute approximate surface area is 184 Å². The summed E-state index contributed by atoms with van der Waals surface area (Å²) in [7, 11) is 0. The number of amides is 1. The second-order valence-electron chi connectivity index (χ2n) is 8.62. The number of carbonyl (C=O) groups is 3. The highest BCUT2D eigenvalue weighted by Gasteiger charge is 2.28. The van der Waals surface area contributed by atoms with Gasteiger partial charge in [-0.2, -0.15) is 0 Å². The third-order valence-electron chi connectivity index (χ3n) is 5.76. The minimum atomic E-state index is -1.82. The van der Waals surface area contributed by atoms with E-state index in [9.17, 15) is 4.79 Å². The van der Waals surface area contributed by atoms with E-state index in [1.807, 2.05) is 0 Å². The first-order chi connectivity index (χ1) is 14.8. The molecule has 2 N–H and O–H groups in total. The Kier molecular flexibility index (Phi) is 9.94. The van der Waals surface area contributed by atoms with E-state index in [1.54, 1.807) is 0 Å². The molecule has 31 heavy (non-hydrogen) atoms. The van der Waals surface area contributed by atoms with Crippen LogP contribution in [0, 0.1) is 5.92 Å². The molecule has 2 fully saturated rings.